The Kier molecular flexibility index (Phi) is 7.70. The molecule has 0 aromatic carbocycles. The van der Waals surface area contributed by atoms with Gasteiger partial charge in [0.1, 0.15) is 5.00 Å². The smallest absolute Gasteiger partial charge is 0.306 e. The average Bonchev–Trinajstić information content (AvgIpc) is 3.04. The molecule has 0 radical (unpaired) electrons. The van der Waals surface area contributed by atoms with E-state index in [4.69, 9.17) is 10.5 Å². The minimum Gasteiger partial charge on any atom is -0.456 e. The lowest BCUT2D eigenvalue weighted by atomic mass is 9.86. The topological polar surface area (TPSA) is 98.5 Å². The molecule has 0 saturated heterocycles. The Balaban J connectivity index is 1.45. The molecule has 1 unspecified atom stereocenters. The van der Waals surface area contributed by atoms with Gasteiger partial charge < -0.3 is 15.8 Å². The second kappa shape index (κ2) is 10.2. The molecule has 1 saturated carbocycles. The zero-order valence-corrected chi connectivity index (χ0v) is 18.1. The van der Waals surface area contributed by atoms with Gasteiger partial charge in [0, 0.05) is 11.3 Å². The lowest BCUT2D eigenvalue weighted by molar-refractivity contribution is -0.147. The van der Waals surface area contributed by atoms with E-state index in [1.807, 2.05) is 0 Å². The van der Waals surface area contributed by atoms with Crippen LogP contribution in [-0.4, -0.2) is 24.4 Å². The van der Waals surface area contributed by atoms with Crippen LogP contribution in [0.4, 0.5) is 5.00 Å². The van der Waals surface area contributed by atoms with E-state index in [1.165, 1.54) is 43.4 Å². The van der Waals surface area contributed by atoms with E-state index >= 15 is 0 Å². The van der Waals surface area contributed by atoms with Gasteiger partial charge in [-0.2, -0.15) is 0 Å². The van der Waals surface area contributed by atoms with Gasteiger partial charge in [0.2, 0.25) is 0 Å². The summed E-state index contributed by atoms with van der Waals surface area (Å²) in [6.07, 6.45) is 11.4. The number of carbonyl (C=O) groups excluding carboxylic acids is 3. The predicted octanol–water partition coefficient (Wildman–Crippen LogP) is 4.20. The first-order chi connectivity index (χ1) is 13.9. The SMILES string of the molecule is CC1CCc2c(sc(NC(=O)COC(=O)CCCC3CCCCC3)c2C(N)=O)C1. The normalized spacial score (nSPS) is 19.4. The molecule has 1 atom stereocenters. The standard InChI is InChI=1S/C22H32N2O4S/c1-14-10-11-16-17(12-14)29-22(20(16)21(23)27)24-18(25)13-28-19(26)9-5-8-15-6-3-2-4-7-15/h14-15H,2-13H2,1H3,(H2,23,27)(H,24,25). The van der Waals surface area contributed by atoms with Crippen LogP contribution in [0.15, 0.2) is 0 Å². The molecule has 3 N–H and O–H groups in total. The van der Waals surface area contributed by atoms with Crippen molar-refractivity contribution in [3.05, 3.63) is 16.0 Å². The Bertz CT molecular complexity index is 752. The van der Waals surface area contributed by atoms with Gasteiger partial charge in [-0.3, -0.25) is 14.4 Å². The third-order valence-corrected chi connectivity index (χ3v) is 7.26. The van der Waals surface area contributed by atoms with E-state index in [9.17, 15) is 14.4 Å². The van der Waals surface area contributed by atoms with Gasteiger partial charge in [-0.05, 0) is 49.5 Å². The molecule has 1 fully saturated rings. The van der Waals surface area contributed by atoms with Crippen LogP contribution >= 0.6 is 11.3 Å². The maximum atomic E-state index is 12.3. The predicted molar refractivity (Wildman–Crippen MR) is 114 cm³/mol. The molecule has 0 bridgehead atoms. The van der Waals surface area contributed by atoms with Crippen LogP contribution in [-0.2, 0) is 27.2 Å². The summed E-state index contributed by atoms with van der Waals surface area (Å²) < 4.78 is 5.12. The molecular formula is C22H32N2O4S. The van der Waals surface area contributed by atoms with Crippen LogP contribution in [0, 0.1) is 11.8 Å². The van der Waals surface area contributed by atoms with Crippen molar-refractivity contribution in [3.8, 4) is 0 Å². The van der Waals surface area contributed by atoms with Crippen molar-refractivity contribution in [2.75, 3.05) is 11.9 Å². The van der Waals surface area contributed by atoms with Crippen LogP contribution < -0.4 is 11.1 Å². The summed E-state index contributed by atoms with van der Waals surface area (Å²) >= 11 is 1.41. The van der Waals surface area contributed by atoms with Gasteiger partial charge in [0.15, 0.2) is 6.61 Å². The van der Waals surface area contributed by atoms with Crippen molar-refractivity contribution < 1.29 is 19.1 Å². The Morgan fingerprint density at radius 3 is 2.66 bits per heavy atom. The second-order valence-electron chi connectivity index (χ2n) is 8.53. The van der Waals surface area contributed by atoms with Gasteiger partial charge in [-0.25, -0.2) is 0 Å². The molecule has 1 heterocycles. The maximum absolute atomic E-state index is 12.3. The fourth-order valence-corrected chi connectivity index (χ4v) is 5.92. The lowest BCUT2D eigenvalue weighted by Crippen LogP contribution is -2.23. The van der Waals surface area contributed by atoms with Crippen molar-refractivity contribution in [1.82, 2.24) is 0 Å². The summed E-state index contributed by atoms with van der Waals surface area (Å²) in [5.41, 5.74) is 6.95. The fourth-order valence-electron chi connectivity index (χ4n) is 4.49. The number of hydrogen-bond acceptors (Lipinski definition) is 5. The molecule has 2 amide bonds. The first-order valence-electron chi connectivity index (χ1n) is 10.8. The first-order valence-corrected chi connectivity index (χ1v) is 11.7. The fraction of sp³-hybridized carbons (Fsp3) is 0.682. The third-order valence-electron chi connectivity index (χ3n) is 6.09. The van der Waals surface area contributed by atoms with Gasteiger partial charge in [0.25, 0.3) is 11.8 Å². The number of nitrogens with one attached hydrogen (secondary N) is 1. The molecule has 0 spiro atoms. The molecule has 29 heavy (non-hydrogen) atoms. The van der Waals surface area contributed by atoms with E-state index in [2.05, 4.69) is 12.2 Å². The Morgan fingerprint density at radius 1 is 1.17 bits per heavy atom. The second-order valence-corrected chi connectivity index (χ2v) is 9.63. The maximum Gasteiger partial charge on any atom is 0.306 e. The highest BCUT2D eigenvalue weighted by Crippen LogP contribution is 2.39. The highest BCUT2D eigenvalue weighted by atomic mass is 32.1. The summed E-state index contributed by atoms with van der Waals surface area (Å²) in [4.78, 5) is 37.2. The number of esters is 1. The molecule has 1 aromatic heterocycles. The Labute approximate surface area is 176 Å². The summed E-state index contributed by atoms with van der Waals surface area (Å²) in [5, 5.41) is 3.21. The summed E-state index contributed by atoms with van der Waals surface area (Å²) in [7, 11) is 0. The monoisotopic (exact) mass is 420 g/mol. The van der Waals surface area contributed by atoms with Gasteiger partial charge >= 0.3 is 5.97 Å². The molecular weight excluding hydrogens is 388 g/mol. The number of amides is 2. The number of fused-ring (bicyclic) bond motifs is 1. The molecule has 2 aliphatic carbocycles. The van der Waals surface area contributed by atoms with E-state index < -0.39 is 11.8 Å². The summed E-state index contributed by atoms with van der Waals surface area (Å²) in [5.74, 6) is -0.00291. The van der Waals surface area contributed by atoms with Crippen LogP contribution in [0.2, 0.25) is 0 Å². The van der Waals surface area contributed by atoms with Crippen LogP contribution in [0.25, 0.3) is 0 Å². The Hall–Kier alpha value is -1.89. The van der Waals surface area contributed by atoms with E-state index in [1.54, 1.807) is 0 Å². The molecule has 0 aliphatic heterocycles. The van der Waals surface area contributed by atoms with Gasteiger partial charge in [-0.15, -0.1) is 11.3 Å². The number of ether oxygens (including phenoxy) is 1. The highest BCUT2D eigenvalue weighted by molar-refractivity contribution is 7.17. The van der Waals surface area contributed by atoms with Crippen molar-refractivity contribution in [1.29, 1.82) is 0 Å². The summed E-state index contributed by atoms with van der Waals surface area (Å²) in [6, 6.07) is 0. The minimum absolute atomic E-state index is 0.334. The third kappa shape index (κ3) is 6.04. The van der Waals surface area contributed by atoms with Crippen molar-refractivity contribution in [3.63, 3.8) is 0 Å². The van der Waals surface area contributed by atoms with E-state index in [0.29, 0.717) is 22.9 Å². The molecule has 160 valence electrons. The Morgan fingerprint density at radius 2 is 1.93 bits per heavy atom. The van der Waals surface area contributed by atoms with Crippen LogP contribution in [0.3, 0.4) is 0 Å². The van der Waals surface area contributed by atoms with Crippen molar-refractivity contribution in [2.24, 2.45) is 17.6 Å². The van der Waals surface area contributed by atoms with Crippen molar-refractivity contribution >= 4 is 34.1 Å². The van der Waals surface area contributed by atoms with Crippen LogP contribution in [0.1, 0.15) is 85.5 Å². The van der Waals surface area contributed by atoms with Gasteiger partial charge in [0.05, 0.1) is 5.56 Å². The number of thiophene rings is 1. The summed E-state index contributed by atoms with van der Waals surface area (Å²) in [6.45, 7) is 1.85. The van der Waals surface area contributed by atoms with E-state index in [0.717, 1.165) is 48.5 Å². The number of rotatable bonds is 8. The molecule has 7 heteroatoms. The quantitative estimate of drug-likeness (QED) is 0.616. The van der Waals surface area contributed by atoms with Crippen molar-refractivity contribution in [2.45, 2.75) is 77.6 Å². The van der Waals surface area contributed by atoms with Gasteiger partial charge in [-0.1, -0.05) is 39.0 Å². The van der Waals surface area contributed by atoms with Crippen LogP contribution in [0.5, 0.6) is 0 Å². The average molecular weight is 421 g/mol. The zero-order valence-electron chi connectivity index (χ0n) is 17.3. The highest BCUT2D eigenvalue weighted by Gasteiger charge is 2.27. The number of carbonyl (C=O) groups is 3. The molecule has 6 nitrogen and oxygen atoms in total. The lowest BCUT2D eigenvalue weighted by Gasteiger charge is -2.20. The largest absolute Gasteiger partial charge is 0.456 e. The first kappa shape index (κ1) is 21.8. The number of nitrogens with two attached hydrogens (primary N) is 1. The molecule has 1 aromatic rings. The number of hydrogen-bond donors (Lipinski definition) is 2. The molecule has 3 rings (SSSR count). The van der Waals surface area contributed by atoms with E-state index in [-0.39, 0.29) is 12.6 Å². The molecule has 2 aliphatic rings. The number of anilines is 1. The number of primary amides is 1. The minimum atomic E-state index is -0.521. The zero-order chi connectivity index (χ0) is 20.8.